The van der Waals surface area contributed by atoms with Crippen molar-refractivity contribution < 1.29 is 14.3 Å². The van der Waals surface area contributed by atoms with Gasteiger partial charge in [0.05, 0.1) is 24.4 Å². The van der Waals surface area contributed by atoms with Gasteiger partial charge in [0.1, 0.15) is 11.5 Å². The molecule has 0 unspecified atom stereocenters. The van der Waals surface area contributed by atoms with Gasteiger partial charge >= 0.3 is 0 Å². The number of hydrogen-bond donors (Lipinski definition) is 1. The van der Waals surface area contributed by atoms with E-state index in [1.807, 2.05) is 24.3 Å². The first kappa shape index (κ1) is 19.7. The van der Waals surface area contributed by atoms with Crippen LogP contribution in [0.25, 0.3) is 0 Å². The van der Waals surface area contributed by atoms with E-state index < -0.39 is 0 Å². The number of halogens is 1. The molecule has 1 N–H and O–H groups in total. The molecular formula is C18H16BrN3O3S2. The molecular weight excluding hydrogens is 450 g/mol. The van der Waals surface area contributed by atoms with E-state index in [1.165, 1.54) is 23.1 Å². The number of nitrogens with one attached hydrogen (secondary N) is 1. The molecule has 2 aromatic carbocycles. The molecule has 3 rings (SSSR count). The van der Waals surface area contributed by atoms with Gasteiger partial charge in [-0.2, -0.15) is 0 Å². The highest BCUT2D eigenvalue weighted by atomic mass is 79.9. The number of thioether (sulfide) groups is 1. The van der Waals surface area contributed by atoms with E-state index in [2.05, 4.69) is 31.4 Å². The molecule has 0 atom stereocenters. The number of hydrogen-bond acceptors (Lipinski definition) is 8. The van der Waals surface area contributed by atoms with Gasteiger partial charge in [0.25, 0.3) is 0 Å². The predicted octanol–water partition coefficient (Wildman–Crippen LogP) is 5.04. The van der Waals surface area contributed by atoms with Crippen LogP contribution < -0.4 is 14.8 Å². The summed E-state index contributed by atoms with van der Waals surface area (Å²) < 4.78 is 11.8. The number of ketones is 1. The second-order valence-electron chi connectivity index (χ2n) is 5.29. The van der Waals surface area contributed by atoms with Crippen molar-refractivity contribution in [3.63, 3.8) is 0 Å². The van der Waals surface area contributed by atoms with Crippen LogP contribution in [0.3, 0.4) is 0 Å². The van der Waals surface area contributed by atoms with Crippen LogP contribution in [0.5, 0.6) is 11.5 Å². The molecule has 140 valence electrons. The molecule has 0 radical (unpaired) electrons. The highest BCUT2D eigenvalue weighted by Crippen LogP contribution is 2.30. The van der Waals surface area contributed by atoms with E-state index in [1.54, 1.807) is 32.4 Å². The fraction of sp³-hybridized carbons (Fsp3) is 0.167. The third-order valence-corrected chi connectivity index (χ3v) is 6.14. The van der Waals surface area contributed by atoms with Crippen molar-refractivity contribution in [2.45, 2.75) is 4.34 Å². The molecule has 1 aromatic heterocycles. The molecule has 1 heterocycles. The Morgan fingerprint density at radius 3 is 2.59 bits per heavy atom. The van der Waals surface area contributed by atoms with Crippen molar-refractivity contribution in [1.82, 2.24) is 10.2 Å². The largest absolute Gasteiger partial charge is 0.497 e. The molecule has 3 aromatic rings. The van der Waals surface area contributed by atoms with Crippen molar-refractivity contribution in [1.29, 1.82) is 0 Å². The minimum atomic E-state index is 0.0169. The quantitative estimate of drug-likeness (QED) is 0.369. The van der Waals surface area contributed by atoms with Gasteiger partial charge in [0, 0.05) is 11.3 Å². The zero-order chi connectivity index (χ0) is 19.2. The predicted molar refractivity (Wildman–Crippen MR) is 112 cm³/mol. The van der Waals surface area contributed by atoms with Crippen LogP contribution in [0.15, 0.2) is 51.3 Å². The van der Waals surface area contributed by atoms with Crippen molar-refractivity contribution in [3.05, 3.63) is 52.5 Å². The van der Waals surface area contributed by atoms with Crippen LogP contribution in [0.4, 0.5) is 10.8 Å². The smallest absolute Gasteiger partial charge is 0.210 e. The molecule has 0 aliphatic heterocycles. The summed E-state index contributed by atoms with van der Waals surface area (Å²) in [6.07, 6.45) is 0. The Labute approximate surface area is 173 Å². The van der Waals surface area contributed by atoms with Crippen LogP contribution in [-0.4, -0.2) is 36.0 Å². The average molecular weight is 466 g/mol. The molecule has 0 aliphatic rings. The lowest BCUT2D eigenvalue weighted by atomic mass is 10.1. The number of rotatable bonds is 8. The normalized spacial score (nSPS) is 10.5. The summed E-state index contributed by atoms with van der Waals surface area (Å²) in [6, 6.07) is 12.8. The molecule has 0 amide bonds. The van der Waals surface area contributed by atoms with Crippen molar-refractivity contribution in [2.24, 2.45) is 0 Å². The van der Waals surface area contributed by atoms with Crippen molar-refractivity contribution in [3.8, 4) is 11.5 Å². The van der Waals surface area contributed by atoms with E-state index in [-0.39, 0.29) is 11.5 Å². The Morgan fingerprint density at radius 1 is 1.15 bits per heavy atom. The Kier molecular flexibility index (Phi) is 6.70. The second-order valence-corrected chi connectivity index (χ2v) is 8.34. The monoisotopic (exact) mass is 465 g/mol. The van der Waals surface area contributed by atoms with Gasteiger partial charge in [-0.3, -0.25) is 4.79 Å². The topological polar surface area (TPSA) is 73.3 Å². The molecule has 9 heteroatoms. The standard InChI is InChI=1S/C18H16BrN3O3S2/c1-24-13-6-4-12(5-7-13)20-17-21-22-18(27-17)26-10-15(23)11-3-8-16(25-2)14(19)9-11/h3-9H,10H2,1-2H3,(H,20,21). The lowest BCUT2D eigenvalue weighted by Gasteiger charge is -2.05. The second kappa shape index (κ2) is 9.20. The summed E-state index contributed by atoms with van der Waals surface area (Å²) in [5.41, 5.74) is 1.51. The first-order valence-corrected chi connectivity index (χ1v) is 10.4. The molecule has 27 heavy (non-hydrogen) atoms. The number of Topliss-reactive ketones (excluding diaryl/α,β-unsaturated/α-hetero) is 1. The number of methoxy groups -OCH3 is 2. The Balaban J connectivity index is 1.57. The average Bonchev–Trinajstić information content (AvgIpc) is 3.14. The molecule has 0 saturated heterocycles. The van der Waals surface area contributed by atoms with Crippen LogP contribution in [-0.2, 0) is 0 Å². The number of anilines is 2. The van der Waals surface area contributed by atoms with Crippen molar-refractivity contribution in [2.75, 3.05) is 25.3 Å². The summed E-state index contributed by atoms with van der Waals surface area (Å²) in [7, 11) is 3.22. The van der Waals surface area contributed by atoms with Gasteiger partial charge < -0.3 is 14.8 Å². The van der Waals surface area contributed by atoms with E-state index in [0.717, 1.165) is 20.2 Å². The first-order chi connectivity index (χ1) is 13.1. The number of carbonyl (C=O) groups excluding carboxylic acids is 1. The SMILES string of the molecule is COc1ccc(Nc2nnc(SCC(=O)c3ccc(OC)c(Br)c3)s2)cc1. The Bertz CT molecular complexity index is 932. The maximum absolute atomic E-state index is 12.4. The number of nitrogens with zero attached hydrogens (tertiary/aromatic N) is 2. The Morgan fingerprint density at radius 2 is 1.93 bits per heavy atom. The number of ether oxygens (including phenoxy) is 2. The van der Waals surface area contributed by atoms with Crippen LogP contribution >= 0.6 is 39.0 Å². The van der Waals surface area contributed by atoms with Crippen LogP contribution in [0.2, 0.25) is 0 Å². The van der Waals surface area contributed by atoms with E-state index in [9.17, 15) is 4.79 Å². The summed E-state index contributed by atoms with van der Waals surface area (Å²) in [5, 5.41) is 12.1. The number of benzene rings is 2. The minimum Gasteiger partial charge on any atom is -0.497 e. The van der Waals surface area contributed by atoms with Crippen molar-refractivity contribution >= 4 is 55.6 Å². The molecule has 6 nitrogen and oxygen atoms in total. The van der Waals surface area contributed by atoms with Gasteiger partial charge in [-0.05, 0) is 58.4 Å². The summed E-state index contributed by atoms with van der Waals surface area (Å²) >= 11 is 6.16. The first-order valence-electron chi connectivity index (χ1n) is 7.83. The van der Waals surface area contributed by atoms with E-state index in [0.29, 0.717) is 16.4 Å². The van der Waals surface area contributed by atoms with Crippen LogP contribution in [0, 0.1) is 0 Å². The third kappa shape index (κ3) is 5.21. The van der Waals surface area contributed by atoms with Gasteiger partial charge in [0.15, 0.2) is 10.1 Å². The third-order valence-electron chi connectivity index (χ3n) is 3.55. The molecule has 0 fully saturated rings. The lowest BCUT2D eigenvalue weighted by molar-refractivity contribution is 0.102. The fourth-order valence-electron chi connectivity index (χ4n) is 2.17. The molecule has 0 saturated carbocycles. The van der Waals surface area contributed by atoms with Gasteiger partial charge in [-0.25, -0.2) is 0 Å². The summed E-state index contributed by atoms with van der Waals surface area (Å²) in [5.74, 6) is 1.79. The zero-order valence-corrected chi connectivity index (χ0v) is 17.8. The minimum absolute atomic E-state index is 0.0169. The lowest BCUT2D eigenvalue weighted by Crippen LogP contribution is -2.02. The molecule has 0 bridgehead atoms. The van der Waals surface area contributed by atoms with Gasteiger partial charge in [-0.1, -0.05) is 23.1 Å². The number of carbonyl (C=O) groups is 1. The van der Waals surface area contributed by atoms with E-state index in [4.69, 9.17) is 9.47 Å². The Hall–Kier alpha value is -2.10. The summed E-state index contributed by atoms with van der Waals surface area (Å²) in [6.45, 7) is 0. The molecule has 0 aliphatic carbocycles. The summed E-state index contributed by atoms with van der Waals surface area (Å²) in [4.78, 5) is 12.4. The molecule has 0 spiro atoms. The number of aromatic nitrogens is 2. The van der Waals surface area contributed by atoms with Gasteiger partial charge in [-0.15, -0.1) is 10.2 Å². The fourth-order valence-corrected chi connectivity index (χ4v) is 4.37. The van der Waals surface area contributed by atoms with E-state index >= 15 is 0 Å². The highest BCUT2D eigenvalue weighted by molar-refractivity contribution is 9.10. The zero-order valence-electron chi connectivity index (χ0n) is 14.6. The maximum atomic E-state index is 12.4. The highest BCUT2D eigenvalue weighted by Gasteiger charge is 2.12. The van der Waals surface area contributed by atoms with Gasteiger partial charge in [0.2, 0.25) is 5.13 Å². The maximum Gasteiger partial charge on any atom is 0.210 e. The van der Waals surface area contributed by atoms with Crippen LogP contribution in [0.1, 0.15) is 10.4 Å².